The Balaban J connectivity index is 0.000000175. The molecule has 3 aromatic rings. The largest absolute Gasteiger partial charge is 0.329 e. The lowest BCUT2D eigenvalue weighted by molar-refractivity contribution is -0.113. The predicted octanol–water partition coefficient (Wildman–Crippen LogP) is 5.71. The Morgan fingerprint density at radius 1 is 1.25 bits per heavy atom. The van der Waals surface area contributed by atoms with Gasteiger partial charge in [-0.15, -0.1) is 22.7 Å². The molecule has 10 heteroatoms. The van der Waals surface area contributed by atoms with E-state index in [1.165, 1.54) is 17.4 Å². The first-order chi connectivity index (χ1) is 11.5. The molecule has 1 amide bonds. The van der Waals surface area contributed by atoms with Gasteiger partial charge in [-0.3, -0.25) is 9.59 Å². The van der Waals surface area contributed by atoms with E-state index in [9.17, 15) is 9.59 Å². The standard InChI is InChI=1S/C7H4BrN3OS.C7H4BrNOS/c8-6-3-1-5(13-6)2-4-7(12)10-11-9;8-6-3-4-5(11-6)1-2-9-7(4)10/h1-4H;1-3H,(H,9,10)/b4-2+;. The molecule has 0 radical (unpaired) electrons. The van der Waals surface area contributed by atoms with Gasteiger partial charge < -0.3 is 4.98 Å². The van der Waals surface area contributed by atoms with Gasteiger partial charge in [-0.05, 0) is 78.9 Å². The van der Waals surface area contributed by atoms with Gasteiger partial charge in [-0.25, -0.2) is 0 Å². The molecule has 24 heavy (non-hydrogen) atoms. The maximum atomic E-state index is 11.1. The average Bonchev–Trinajstić information content (AvgIpc) is 3.12. The number of carbonyl (C=O) groups excluding carboxylic acids is 1. The summed E-state index contributed by atoms with van der Waals surface area (Å²) in [4.78, 5) is 27.7. The van der Waals surface area contributed by atoms with Crippen LogP contribution in [0.2, 0.25) is 0 Å². The maximum absolute atomic E-state index is 11.1. The Kier molecular flexibility index (Phi) is 6.95. The number of halogens is 2. The highest BCUT2D eigenvalue weighted by molar-refractivity contribution is 9.11. The quantitative estimate of drug-likeness (QED) is 0.216. The Hall–Kier alpha value is -1.71. The van der Waals surface area contributed by atoms with Gasteiger partial charge in [0.25, 0.3) is 5.56 Å². The van der Waals surface area contributed by atoms with E-state index in [-0.39, 0.29) is 5.56 Å². The van der Waals surface area contributed by atoms with Crippen molar-refractivity contribution < 1.29 is 4.79 Å². The summed E-state index contributed by atoms with van der Waals surface area (Å²) in [6, 6.07) is 7.46. The molecular formula is C14H8Br2N4O2S2. The summed E-state index contributed by atoms with van der Waals surface area (Å²) < 4.78 is 2.99. The van der Waals surface area contributed by atoms with Crippen LogP contribution in [-0.2, 0) is 4.79 Å². The molecule has 0 saturated carbocycles. The number of hydrogen-bond donors (Lipinski definition) is 1. The second-order valence-electron chi connectivity index (χ2n) is 4.14. The van der Waals surface area contributed by atoms with E-state index in [0.29, 0.717) is 0 Å². The third kappa shape index (κ3) is 5.43. The van der Waals surface area contributed by atoms with E-state index in [2.05, 4.69) is 46.9 Å². The van der Waals surface area contributed by atoms with Crippen LogP contribution in [0.4, 0.5) is 0 Å². The molecule has 1 N–H and O–H groups in total. The van der Waals surface area contributed by atoms with Gasteiger partial charge in [0, 0.05) is 20.7 Å². The minimum Gasteiger partial charge on any atom is -0.329 e. The maximum Gasteiger partial charge on any atom is 0.256 e. The molecule has 0 aliphatic rings. The minimum atomic E-state index is -0.591. The molecule has 0 aromatic carbocycles. The van der Waals surface area contributed by atoms with E-state index < -0.39 is 5.91 Å². The summed E-state index contributed by atoms with van der Waals surface area (Å²) in [5, 5.41) is 3.65. The van der Waals surface area contributed by atoms with Gasteiger partial charge in [0.1, 0.15) is 0 Å². The summed E-state index contributed by atoms with van der Waals surface area (Å²) >= 11 is 9.67. The summed E-state index contributed by atoms with van der Waals surface area (Å²) in [5.74, 6) is -0.591. The lowest BCUT2D eigenvalue weighted by atomic mass is 10.3. The van der Waals surface area contributed by atoms with Crippen molar-refractivity contribution in [3.05, 3.63) is 69.8 Å². The number of nitrogens with zero attached hydrogens (tertiary/aromatic N) is 3. The van der Waals surface area contributed by atoms with Crippen LogP contribution >= 0.6 is 54.5 Å². The van der Waals surface area contributed by atoms with Gasteiger partial charge in [0.2, 0.25) is 5.91 Å². The number of aromatic nitrogens is 1. The van der Waals surface area contributed by atoms with E-state index >= 15 is 0 Å². The topological polar surface area (TPSA) is 98.7 Å². The lowest BCUT2D eigenvalue weighted by Gasteiger charge is -1.83. The number of carbonyl (C=O) groups is 1. The SMILES string of the molecule is O=c1[nH]ccc2sc(Br)cc12.[N-]=[N+]=NC(=O)/C=C/c1ccc(Br)s1. The monoisotopic (exact) mass is 486 g/mol. The van der Waals surface area contributed by atoms with Crippen molar-refractivity contribution in [1.82, 2.24) is 4.98 Å². The Bertz CT molecular complexity index is 1000. The summed E-state index contributed by atoms with van der Waals surface area (Å²) in [6.07, 6.45) is 4.50. The van der Waals surface area contributed by atoms with Crippen molar-refractivity contribution in [2.24, 2.45) is 5.11 Å². The highest BCUT2D eigenvalue weighted by Gasteiger charge is 2.00. The third-order valence-corrected chi connectivity index (χ3v) is 5.74. The minimum absolute atomic E-state index is 0.0237. The number of pyridine rings is 1. The molecule has 0 unspecified atom stereocenters. The summed E-state index contributed by atoms with van der Waals surface area (Å²) in [5.41, 5.74) is 7.91. The van der Waals surface area contributed by atoms with Crippen molar-refractivity contribution in [2.75, 3.05) is 0 Å². The van der Waals surface area contributed by atoms with Crippen molar-refractivity contribution in [1.29, 1.82) is 0 Å². The zero-order chi connectivity index (χ0) is 17.5. The van der Waals surface area contributed by atoms with Gasteiger partial charge >= 0.3 is 0 Å². The van der Waals surface area contributed by atoms with E-state index in [4.69, 9.17) is 5.53 Å². The molecule has 122 valence electrons. The Morgan fingerprint density at radius 2 is 2.04 bits per heavy atom. The van der Waals surface area contributed by atoms with Gasteiger partial charge in [0.15, 0.2) is 0 Å². The number of H-pyrrole nitrogens is 1. The van der Waals surface area contributed by atoms with Crippen molar-refractivity contribution in [2.45, 2.75) is 0 Å². The van der Waals surface area contributed by atoms with E-state index in [1.807, 2.05) is 24.3 Å². The fraction of sp³-hybridized carbons (Fsp3) is 0. The molecule has 6 nitrogen and oxygen atoms in total. The molecule has 0 aliphatic heterocycles. The van der Waals surface area contributed by atoms with Crippen LogP contribution < -0.4 is 5.56 Å². The predicted molar refractivity (Wildman–Crippen MR) is 105 cm³/mol. The van der Waals surface area contributed by atoms with Crippen LogP contribution in [0.1, 0.15) is 4.88 Å². The second kappa shape index (κ2) is 8.95. The van der Waals surface area contributed by atoms with E-state index in [0.717, 1.165) is 22.5 Å². The van der Waals surface area contributed by atoms with Gasteiger partial charge in [0.05, 0.1) is 13.0 Å². The second-order valence-corrected chi connectivity index (χ2v) is 9.10. The smallest absolute Gasteiger partial charge is 0.256 e. The fourth-order valence-electron chi connectivity index (χ4n) is 1.59. The number of hydrogen-bond acceptors (Lipinski definition) is 4. The molecule has 0 spiro atoms. The molecule has 3 rings (SSSR count). The first-order valence-electron chi connectivity index (χ1n) is 6.29. The number of fused-ring (bicyclic) bond motifs is 1. The molecule has 0 aliphatic carbocycles. The number of nitrogens with one attached hydrogen (secondary N) is 1. The van der Waals surface area contributed by atoms with Gasteiger partial charge in [-0.2, -0.15) is 0 Å². The van der Waals surface area contributed by atoms with Crippen molar-refractivity contribution in [3.63, 3.8) is 0 Å². The zero-order valence-electron chi connectivity index (χ0n) is 11.8. The summed E-state index contributed by atoms with van der Waals surface area (Å²) in [6.45, 7) is 0. The first kappa shape index (κ1) is 18.6. The highest BCUT2D eigenvalue weighted by Crippen LogP contribution is 2.26. The van der Waals surface area contributed by atoms with Crippen LogP contribution in [0.3, 0.4) is 0 Å². The number of thiophene rings is 2. The van der Waals surface area contributed by atoms with Crippen LogP contribution in [-0.4, -0.2) is 10.9 Å². The van der Waals surface area contributed by atoms with Crippen molar-refractivity contribution >= 4 is 76.6 Å². The van der Waals surface area contributed by atoms with Crippen LogP contribution in [0.5, 0.6) is 0 Å². The van der Waals surface area contributed by atoms with Crippen molar-refractivity contribution in [3.8, 4) is 0 Å². The number of amides is 1. The Morgan fingerprint density at radius 3 is 2.67 bits per heavy atom. The average molecular weight is 488 g/mol. The Labute approximate surface area is 160 Å². The molecular weight excluding hydrogens is 480 g/mol. The first-order valence-corrected chi connectivity index (χ1v) is 9.50. The van der Waals surface area contributed by atoms with Crippen LogP contribution in [0, 0.1) is 0 Å². The van der Waals surface area contributed by atoms with Crippen LogP contribution in [0.25, 0.3) is 26.6 Å². The number of aromatic amines is 1. The van der Waals surface area contributed by atoms with E-state index in [1.54, 1.807) is 23.6 Å². The lowest BCUT2D eigenvalue weighted by Crippen LogP contribution is -2.01. The van der Waals surface area contributed by atoms with Gasteiger partial charge in [-0.1, -0.05) is 0 Å². The molecule has 0 fully saturated rings. The zero-order valence-corrected chi connectivity index (χ0v) is 16.6. The third-order valence-electron chi connectivity index (χ3n) is 2.55. The molecule has 0 bridgehead atoms. The number of azide groups is 1. The summed E-state index contributed by atoms with van der Waals surface area (Å²) in [7, 11) is 0. The normalized spacial score (nSPS) is 10.2. The molecule has 3 heterocycles. The van der Waals surface area contributed by atoms with Crippen LogP contribution in [0.15, 0.2) is 54.0 Å². The number of rotatable bonds is 2. The highest BCUT2D eigenvalue weighted by atomic mass is 79.9. The molecule has 0 saturated heterocycles. The fourth-order valence-corrected chi connectivity index (χ4v) is 4.46. The molecule has 0 atom stereocenters. The molecule has 3 aromatic heterocycles.